The van der Waals surface area contributed by atoms with Crippen LogP contribution in [0, 0.1) is 0 Å². The molecule has 0 amide bonds. The average Bonchev–Trinajstić information content (AvgIpc) is 2.43. The Kier molecular flexibility index (Phi) is 3.05. The van der Waals surface area contributed by atoms with E-state index in [1.165, 1.54) is 5.39 Å². The van der Waals surface area contributed by atoms with Crippen LogP contribution < -0.4 is 0 Å². The number of ether oxygens (including phenoxy) is 2. The van der Waals surface area contributed by atoms with Crippen LogP contribution in [0.2, 0.25) is 0 Å². The second kappa shape index (κ2) is 4.86. The molecule has 0 saturated carbocycles. The lowest BCUT2D eigenvalue weighted by molar-refractivity contribution is -0.160. The van der Waals surface area contributed by atoms with Gasteiger partial charge in [-0.1, -0.05) is 36.4 Å². The molecular formula is C16H14O3. The molecule has 0 N–H and O–H groups in total. The van der Waals surface area contributed by atoms with Crippen LogP contribution >= 0.6 is 0 Å². The minimum absolute atomic E-state index is 0.0839. The largest absolute Gasteiger partial charge is 0.461 e. The molecule has 2 aromatic carbocycles. The molecule has 1 atom stereocenters. The van der Waals surface area contributed by atoms with Gasteiger partial charge in [0.2, 0.25) is 5.78 Å². The Bertz CT molecular complexity index is 658. The number of hydrogen-bond acceptors (Lipinski definition) is 3. The van der Waals surface area contributed by atoms with Crippen LogP contribution in [0.5, 0.6) is 0 Å². The number of fused-ring (bicyclic) bond motifs is 1. The molecule has 1 unspecified atom stereocenters. The van der Waals surface area contributed by atoms with Crippen molar-refractivity contribution >= 4 is 22.6 Å². The van der Waals surface area contributed by atoms with E-state index in [0.717, 1.165) is 10.9 Å². The van der Waals surface area contributed by atoms with Crippen molar-refractivity contribution in [3.63, 3.8) is 0 Å². The lowest BCUT2D eigenvalue weighted by atomic mass is 10.1. The van der Waals surface area contributed by atoms with Crippen molar-refractivity contribution in [1.82, 2.24) is 0 Å². The maximum Gasteiger partial charge on any atom is 0.223 e. The van der Waals surface area contributed by atoms with E-state index in [1.807, 2.05) is 36.4 Å². The van der Waals surface area contributed by atoms with E-state index in [0.29, 0.717) is 5.76 Å². The van der Waals surface area contributed by atoms with Crippen molar-refractivity contribution in [3.05, 3.63) is 53.8 Å². The Labute approximate surface area is 111 Å². The number of rotatable bonds is 1. The molecule has 96 valence electrons. The summed E-state index contributed by atoms with van der Waals surface area (Å²) in [4.78, 5) is 11.7. The predicted octanol–water partition coefficient (Wildman–Crippen LogP) is 3.14. The van der Waals surface area contributed by atoms with Crippen LogP contribution in [0.1, 0.15) is 12.5 Å². The molecule has 0 spiro atoms. The summed E-state index contributed by atoms with van der Waals surface area (Å²) in [5, 5.41) is 2.32. The van der Waals surface area contributed by atoms with E-state index in [1.54, 1.807) is 13.0 Å². The van der Waals surface area contributed by atoms with Crippen molar-refractivity contribution in [2.24, 2.45) is 0 Å². The summed E-state index contributed by atoms with van der Waals surface area (Å²) in [6, 6.07) is 14.2. The highest BCUT2D eigenvalue weighted by atomic mass is 16.7. The summed E-state index contributed by atoms with van der Waals surface area (Å²) in [5.74, 6) is 0.250. The first kappa shape index (κ1) is 11.9. The van der Waals surface area contributed by atoms with E-state index < -0.39 is 0 Å². The fourth-order valence-electron chi connectivity index (χ4n) is 2.11. The quantitative estimate of drug-likeness (QED) is 0.733. The molecule has 1 heterocycles. The molecule has 3 rings (SSSR count). The van der Waals surface area contributed by atoms with Crippen molar-refractivity contribution < 1.29 is 14.3 Å². The zero-order valence-electron chi connectivity index (χ0n) is 10.6. The topological polar surface area (TPSA) is 35.5 Å². The number of carbonyl (C=O) groups is 1. The van der Waals surface area contributed by atoms with Crippen LogP contribution in [0.25, 0.3) is 16.8 Å². The molecule has 3 heteroatoms. The van der Waals surface area contributed by atoms with Gasteiger partial charge in [0, 0.05) is 0 Å². The van der Waals surface area contributed by atoms with Crippen LogP contribution in [-0.2, 0) is 14.3 Å². The van der Waals surface area contributed by atoms with E-state index in [9.17, 15) is 4.79 Å². The monoisotopic (exact) mass is 254 g/mol. The third kappa shape index (κ3) is 2.51. The van der Waals surface area contributed by atoms with Gasteiger partial charge in [-0.25, -0.2) is 0 Å². The van der Waals surface area contributed by atoms with Gasteiger partial charge in [-0.05, 0) is 35.4 Å². The van der Waals surface area contributed by atoms with Gasteiger partial charge < -0.3 is 9.47 Å². The third-order valence-corrected chi connectivity index (χ3v) is 3.09. The minimum atomic E-state index is -0.371. The van der Waals surface area contributed by atoms with Crippen LogP contribution in [0.15, 0.2) is 48.2 Å². The average molecular weight is 254 g/mol. The summed E-state index contributed by atoms with van der Waals surface area (Å²) < 4.78 is 10.5. The van der Waals surface area contributed by atoms with Crippen molar-refractivity contribution in [2.75, 3.05) is 6.61 Å². The Morgan fingerprint density at radius 1 is 1.16 bits per heavy atom. The van der Waals surface area contributed by atoms with Crippen molar-refractivity contribution in [3.8, 4) is 0 Å². The van der Waals surface area contributed by atoms with Crippen molar-refractivity contribution in [2.45, 2.75) is 13.2 Å². The molecule has 0 aromatic heterocycles. The number of ketones is 1. The summed E-state index contributed by atoms with van der Waals surface area (Å²) in [7, 11) is 0. The standard InChI is InChI=1S/C16H14O3/c1-11-18-10-15(17)16(19-11)9-12-6-7-13-4-2-3-5-14(13)8-12/h2-9,11H,10H2,1H3/b16-9-. The number of benzene rings is 2. The van der Waals surface area contributed by atoms with Crippen LogP contribution in [-0.4, -0.2) is 18.7 Å². The first-order chi connectivity index (χ1) is 9.22. The molecule has 0 bridgehead atoms. The molecule has 2 aromatic rings. The second-order valence-corrected chi connectivity index (χ2v) is 4.53. The molecule has 1 aliphatic heterocycles. The van der Waals surface area contributed by atoms with E-state index >= 15 is 0 Å². The van der Waals surface area contributed by atoms with Gasteiger partial charge >= 0.3 is 0 Å². The summed E-state index contributed by atoms with van der Waals surface area (Å²) in [5.41, 5.74) is 0.955. The lowest BCUT2D eigenvalue weighted by Crippen LogP contribution is -2.28. The van der Waals surface area contributed by atoms with E-state index in [-0.39, 0.29) is 18.7 Å². The van der Waals surface area contributed by atoms with Gasteiger partial charge in [-0.3, -0.25) is 4.79 Å². The number of carbonyl (C=O) groups excluding carboxylic acids is 1. The zero-order valence-corrected chi connectivity index (χ0v) is 10.6. The molecular weight excluding hydrogens is 240 g/mol. The highest BCUT2D eigenvalue weighted by molar-refractivity contribution is 5.99. The van der Waals surface area contributed by atoms with Gasteiger partial charge in [-0.15, -0.1) is 0 Å². The van der Waals surface area contributed by atoms with E-state index in [2.05, 4.69) is 6.07 Å². The molecule has 19 heavy (non-hydrogen) atoms. The fraction of sp³-hybridized carbons (Fsp3) is 0.188. The summed E-state index contributed by atoms with van der Waals surface area (Å²) >= 11 is 0. The van der Waals surface area contributed by atoms with Gasteiger partial charge in [0.15, 0.2) is 12.0 Å². The lowest BCUT2D eigenvalue weighted by Gasteiger charge is -2.22. The zero-order chi connectivity index (χ0) is 13.2. The maximum absolute atomic E-state index is 11.7. The molecule has 0 radical (unpaired) electrons. The van der Waals surface area contributed by atoms with Gasteiger partial charge in [0.25, 0.3) is 0 Å². The molecule has 1 aliphatic rings. The van der Waals surface area contributed by atoms with Gasteiger partial charge in [0.05, 0.1) is 0 Å². The Balaban J connectivity index is 1.97. The van der Waals surface area contributed by atoms with Gasteiger partial charge in [0.1, 0.15) is 6.61 Å². The minimum Gasteiger partial charge on any atom is -0.461 e. The third-order valence-electron chi connectivity index (χ3n) is 3.09. The summed E-state index contributed by atoms with van der Waals surface area (Å²) in [6.45, 7) is 1.86. The molecule has 1 saturated heterocycles. The molecule has 3 nitrogen and oxygen atoms in total. The molecule has 0 aliphatic carbocycles. The number of hydrogen-bond donors (Lipinski definition) is 0. The maximum atomic E-state index is 11.7. The van der Waals surface area contributed by atoms with Crippen LogP contribution in [0.3, 0.4) is 0 Å². The van der Waals surface area contributed by atoms with Crippen LogP contribution in [0.4, 0.5) is 0 Å². The first-order valence-electron chi connectivity index (χ1n) is 6.24. The predicted molar refractivity (Wildman–Crippen MR) is 73.4 cm³/mol. The van der Waals surface area contributed by atoms with Crippen molar-refractivity contribution in [1.29, 1.82) is 0 Å². The fourth-order valence-corrected chi connectivity index (χ4v) is 2.11. The van der Waals surface area contributed by atoms with Gasteiger partial charge in [-0.2, -0.15) is 0 Å². The Hall–Kier alpha value is -2.13. The first-order valence-corrected chi connectivity index (χ1v) is 6.24. The highest BCUT2D eigenvalue weighted by Crippen LogP contribution is 2.20. The smallest absolute Gasteiger partial charge is 0.223 e. The summed E-state index contributed by atoms with van der Waals surface area (Å²) in [6.07, 6.45) is 1.40. The highest BCUT2D eigenvalue weighted by Gasteiger charge is 2.21. The Morgan fingerprint density at radius 3 is 2.79 bits per heavy atom. The second-order valence-electron chi connectivity index (χ2n) is 4.53. The molecule has 1 fully saturated rings. The SMILES string of the molecule is CC1OCC(=O)/C(=C/c2ccc3ccccc3c2)O1. The number of Topliss-reactive ketones (excluding diaryl/α,β-unsaturated/α-hetero) is 1. The van der Waals surface area contributed by atoms with E-state index in [4.69, 9.17) is 9.47 Å². The normalized spacial score (nSPS) is 21.6. The Morgan fingerprint density at radius 2 is 1.95 bits per heavy atom.